The molecule has 5 rings (SSSR count). The molecule has 4 heteroatoms. The Labute approximate surface area is 165 Å². The van der Waals surface area contributed by atoms with E-state index in [0.29, 0.717) is 12.1 Å². The van der Waals surface area contributed by atoms with E-state index in [1.54, 1.807) is 0 Å². The summed E-state index contributed by atoms with van der Waals surface area (Å²) in [6, 6.07) is 21.3. The van der Waals surface area contributed by atoms with Gasteiger partial charge >= 0.3 is 0 Å². The summed E-state index contributed by atoms with van der Waals surface area (Å²) >= 11 is 0. The molecule has 0 saturated carbocycles. The normalized spacial score (nSPS) is 22.4. The zero-order chi connectivity index (χ0) is 19.1. The van der Waals surface area contributed by atoms with E-state index in [4.69, 9.17) is 4.98 Å². The standard InChI is InChI=1S/C24H25N3O/c1-26-20-10-11-21(26)16-27(14-13-20)24(28)19-7-4-6-18(15-19)23-12-9-17-5-2-3-8-22(17)25-23/h2-9,12,15,20-21H,10-11,13-14,16H2,1H3/t20-,21+/m0/s1. The predicted molar refractivity (Wildman–Crippen MR) is 112 cm³/mol. The Balaban J connectivity index is 1.42. The van der Waals surface area contributed by atoms with Crippen LogP contribution in [0.1, 0.15) is 29.6 Å². The average Bonchev–Trinajstić information content (AvgIpc) is 2.99. The molecule has 2 aliphatic heterocycles. The quantitative estimate of drug-likeness (QED) is 0.677. The van der Waals surface area contributed by atoms with Gasteiger partial charge < -0.3 is 4.90 Å². The van der Waals surface area contributed by atoms with Crippen molar-refractivity contribution in [1.82, 2.24) is 14.8 Å². The molecule has 4 nitrogen and oxygen atoms in total. The lowest BCUT2D eigenvalue weighted by Gasteiger charge is -2.26. The van der Waals surface area contributed by atoms with Crippen molar-refractivity contribution in [3.63, 3.8) is 0 Å². The van der Waals surface area contributed by atoms with E-state index in [9.17, 15) is 4.79 Å². The van der Waals surface area contributed by atoms with Crippen molar-refractivity contribution in [3.8, 4) is 11.3 Å². The van der Waals surface area contributed by atoms with Gasteiger partial charge in [0.2, 0.25) is 0 Å². The van der Waals surface area contributed by atoms with Gasteiger partial charge in [-0.15, -0.1) is 0 Å². The highest BCUT2D eigenvalue weighted by atomic mass is 16.2. The number of hydrogen-bond donors (Lipinski definition) is 0. The molecule has 2 atom stereocenters. The van der Waals surface area contributed by atoms with Gasteiger partial charge in [-0.2, -0.15) is 0 Å². The highest BCUT2D eigenvalue weighted by Gasteiger charge is 2.36. The summed E-state index contributed by atoms with van der Waals surface area (Å²) in [7, 11) is 2.21. The molecule has 0 aliphatic carbocycles. The largest absolute Gasteiger partial charge is 0.337 e. The fourth-order valence-corrected chi connectivity index (χ4v) is 4.71. The van der Waals surface area contributed by atoms with Gasteiger partial charge in [0, 0.05) is 41.7 Å². The first-order valence-corrected chi connectivity index (χ1v) is 10.2. The Morgan fingerprint density at radius 3 is 2.75 bits per heavy atom. The molecule has 0 N–H and O–H groups in total. The van der Waals surface area contributed by atoms with Crippen molar-refractivity contribution >= 4 is 16.8 Å². The van der Waals surface area contributed by atoms with Crippen molar-refractivity contribution in [2.75, 3.05) is 20.1 Å². The number of likely N-dealkylation sites (tertiary alicyclic amines) is 1. The number of nitrogens with zero attached hydrogens (tertiary/aromatic N) is 3. The highest BCUT2D eigenvalue weighted by Crippen LogP contribution is 2.29. The van der Waals surface area contributed by atoms with Gasteiger partial charge in [0.05, 0.1) is 11.2 Å². The molecule has 0 unspecified atom stereocenters. The summed E-state index contributed by atoms with van der Waals surface area (Å²) in [5.41, 5.74) is 3.63. The second-order valence-electron chi connectivity index (χ2n) is 8.06. The molecule has 2 bridgehead atoms. The molecule has 0 spiro atoms. The van der Waals surface area contributed by atoms with E-state index < -0.39 is 0 Å². The molecule has 2 fully saturated rings. The molecule has 3 aromatic rings. The van der Waals surface area contributed by atoms with Crippen molar-refractivity contribution in [2.24, 2.45) is 0 Å². The summed E-state index contributed by atoms with van der Waals surface area (Å²) < 4.78 is 0. The number of likely N-dealkylation sites (N-methyl/N-ethyl adjacent to an activating group) is 1. The van der Waals surface area contributed by atoms with Gasteiger partial charge in [0.15, 0.2) is 0 Å². The third kappa shape index (κ3) is 3.08. The minimum absolute atomic E-state index is 0.142. The zero-order valence-electron chi connectivity index (χ0n) is 16.2. The third-order valence-electron chi connectivity index (χ3n) is 6.44. The Morgan fingerprint density at radius 1 is 0.964 bits per heavy atom. The highest BCUT2D eigenvalue weighted by molar-refractivity contribution is 5.95. The van der Waals surface area contributed by atoms with Crippen LogP contribution in [-0.4, -0.2) is 52.9 Å². The molecule has 2 aromatic carbocycles. The molecule has 0 radical (unpaired) electrons. The molecule has 28 heavy (non-hydrogen) atoms. The van der Waals surface area contributed by atoms with Crippen LogP contribution in [0.25, 0.3) is 22.2 Å². The van der Waals surface area contributed by atoms with Crippen LogP contribution in [0.15, 0.2) is 60.7 Å². The molecule has 1 amide bonds. The van der Waals surface area contributed by atoms with E-state index in [1.807, 2.05) is 53.4 Å². The van der Waals surface area contributed by atoms with Crippen molar-refractivity contribution < 1.29 is 4.79 Å². The minimum Gasteiger partial charge on any atom is -0.337 e. The lowest BCUT2D eigenvalue weighted by atomic mass is 10.0. The van der Waals surface area contributed by atoms with E-state index in [0.717, 1.165) is 47.2 Å². The number of pyridine rings is 1. The first kappa shape index (κ1) is 17.4. The number of carbonyl (C=O) groups excluding carboxylic acids is 1. The van der Waals surface area contributed by atoms with Gasteiger partial charge in [-0.05, 0) is 50.6 Å². The van der Waals surface area contributed by atoms with Gasteiger partial charge in [-0.25, -0.2) is 4.98 Å². The fraction of sp³-hybridized carbons (Fsp3) is 0.333. The molecular weight excluding hydrogens is 346 g/mol. The zero-order valence-corrected chi connectivity index (χ0v) is 16.2. The van der Waals surface area contributed by atoms with Gasteiger partial charge in [0.25, 0.3) is 5.91 Å². The predicted octanol–water partition coefficient (Wildman–Crippen LogP) is 4.21. The van der Waals surface area contributed by atoms with Crippen LogP contribution in [0.3, 0.4) is 0 Å². The minimum atomic E-state index is 0.142. The first-order valence-electron chi connectivity index (χ1n) is 10.2. The Bertz CT molecular complexity index is 1030. The number of para-hydroxylation sites is 1. The van der Waals surface area contributed by atoms with E-state index in [-0.39, 0.29) is 5.91 Å². The van der Waals surface area contributed by atoms with Crippen LogP contribution >= 0.6 is 0 Å². The second kappa shape index (κ2) is 7.02. The van der Waals surface area contributed by atoms with Gasteiger partial charge in [-0.3, -0.25) is 9.69 Å². The van der Waals surface area contributed by atoms with E-state index in [1.165, 1.54) is 12.8 Å². The Hall–Kier alpha value is -2.72. The number of carbonyl (C=O) groups is 1. The Morgan fingerprint density at radius 2 is 1.82 bits per heavy atom. The lowest BCUT2D eigenvalue weighted by Crippen LogP contribution is -2.39. The van der Waals surface area contributed by atoms with Crippen molar-refractivity contribution in [1.29, 1.82) is 0 Å². The summed E-state index contributed by atoms with van der Waals surface area (Å²) in [5, 5.41) is 1.13. The fourth-order valence-electron chi connectivity index (χ4n) is 4.71. The molecule has 2 saturated heterocycles. The molecule has 1 aromatic heterocycles. The van der Waals surface area contributed by atoms with Crippen molar-refractivity contribution in [3.05, 3.63) is 66.2 Å². The molecule has 2 aliphatic rings. The number of benzene rings is 2. The molecule has 142 valence electrons. The number of aromatic nitrogens is 1. The van der Waals surface area contributed by atoms with Crippen LogP contribution in [0.4, 0.5) is 0 Å². The summed E-state index contributed by atoms with van der Waals surface area (Å²) in [6.07, 6.45) is 3.54. The van der Waals surface area contributed by atoms with Gasteiger partial charge in [0.1, 0.15) is 0 Å². The summed E-state index contributed by atoms with van der Waals surface area (Å²) in [5.74, 6) is 0.142. The summed E-state index contributed by atoms with van der Waals surface area (Å²) in [4.78, 5) is 22.5. The lowest BCUT2D eigenvalue weighted by molar-refractivity contribution is 0.0740. The topological polar surface area (TPSA) is 36.4 Å². The SMILES string of the molecule is CN1[C@H]2CC[C@@H]1CN(C(=O)c1cccc(-c3ccc4ccccc4n3)c1)CC2. The van der Waals surface area contributed by atoms with Crippen LogP contribution < -0.4 is 0 Å². The third-order valence-corrected chi connectivity index (χ3v) is 6.44. The molecular formula is C24H25N3O. The van der Waals surface area contributed by atoms with E-state index >= 15 is 0 Å². The van der Waals surface area contributed by atoms with Crippen LogP contribution in [-0.2, 0) is 0 Å². The van der Waals surface area contributed by atoms with Crippen LogP contribution in [0, 0.1) is 0 Å². The maximum absolute atomic E-state index is 13.2. The number of hydrogen-bond acceptors (Lipinski definition) is 3. The summed E-state index contributed by atoms with van der Waals surface area (Å²) in [6.45, 7) is 1.69. The smallest absolute Gasteiger partial charge is 0.253 e. The first-order chi connectivity index (χ1) is 13.7. The monoisotopic (exact) mass is 371 g/mol. The van der Waals surface area contributed by atoms with E-state index in [2.05, 4.69) is 24.1 Å². The molecule has 3 heterocycles. The van der Waals surface area contributed by atoms with Crippen molar-refractivity contribution in [2.45, 2.75) is 31.3 Å². The maximum atomic E-state index is 13.2. The van der Waals surface area contributed by atoms with Crippen LogP contribution in [0.5, 0.6) is 0 Å². The van der Waals surface area contributed by atoms with Crippen LogP contribution in [0.2, 0.25) is 0 Å². The van der Waals surface area contributed by atoms with Gasteiger partial charge in [-0.1, -0.05) is 36.4 Å². The number of amides is 1. The maximum Gasteiger partial charge on any atom is 0.253 e. The number of fused-ring (bicyclic) bond motifs is 3. The number of rotatable bonds is 2. The Kier molecular flexibility index (Phi) is 4.36. The second-order valence-corrected chi connectivity index (χ2v) is 8.06. The average molecular weight is 371 g/mol.